The highest BCUT2D eigenvalue weighted by molar-refractivity contribution is 9.10. The summed E-state index contributed by atoms with van der Waals surface area (Å²) in [6.07, 6.45) is 2.56. The van der Waals surface area contributed by atoms with Crippen LogP contribution in [0.3, 0.4) is 0 Å². The van der Waals surface area contributed by atoms with E-state index in [1.54, 1.807) is 23.6 Å². The third-order valence-electron chi connectivity index (χ3n) is 3.21. The van der Waals surface area contributed by atoms with Crippen molar-refractivity contribution in [3.05, 3.63) is 44.8 Å². The lowest BCUT2D eigenvalue weighted by atomic mass is 10.3. The van der Waals surface area contributed by atoms with Crippen LogP contribution < -0.4 is 0 Å². The van der Waals surface area contributed by atoms with Crippen LogP contribution in [0.2, 0.25) is 0 Å². The van der Waals surface area contributed by atoms with Gasteiger partial charge in [-0.15, -0.1) is 22.9 Å². The van der Waals surface area contributed by atoms with Crippen LogP contribution in [-0.2, 0) is 13.0 Å². The van der Waals surface area contributed by atoms with E-state index in [9.17, 15) is 4.39 Å². The summed E-state index contributed by atoms with van der Waals surface area (Å²) in [7, 11) is 0. The van der Waals surface area contributed by atoms with Crippen LogP contribution in [-0.4, -0.2) is 14.5 Å². The quantitative estimate of drug-likeness (QED) is 0.593. The summed E-state index contributed by atoms with van der Waals surface area (Å²) in [5, 5.41) is 2.75. The number of benzene rings is 1. The molecule has 0 fully saturated rings. The maximum absolute atomic E-state index is 13.8. The van der Waals surface area contributed by atoms with Gasteiger partial charge in [0, 0.05) is 30.6 Å². The second kappa shape index (κ2) is 6.02. The molecule has 0 spiro atoms. The Labute approximate surface area is 138 Å². The Kier molecular flexibility index (Phi) is 4.28. The molecule has 0 aliphatic carbocycles. The molecule has 0 aliphatic heterocycles. The molecular formula is C14H12BrClFN3S. The Hall–Kier alpha value is -0.980. The summed E-state index contributed by atoms with van der Waals surface area (Å²) in [5.41, 5.74) is 1.50. The van der Waals surface area contributed by atoms with Crippen molar-refractivity contribution < 1.29 is 4.39 Å². The molecular weight excluding hydrogens is 377 g/mol. The first-order valence-corrected chi connectivity index (χ1v) is 8.55. The van der Waals surface area contributed by atoms with Gasteiger partial charge in [-0.25, -0.2) is 14.4 Å². The number of aryl methyl sites for hydroxylation is 2. The van der Waals surface area contributed by atoms with Crippen LogP contribution in [0.25, 0.3) is 11.0 Å². The number of thiazole rings is 1. The molecule has 110 valence electrons. The largest absolute Gasteiger partial charge is 0.326 e. The fourth-order valence-electron chi connectivity index (χ4n) is 2.26. The number of hydrogen-bond acceptors (Lipinski definition) is 3. The number of imidazole rings is 1. The summed E-state index contributed by atoms with van der Waals surface area (Å²) in [6.45, 7) is 2.55. The second-order valence-corrected chi connectivity index (χ2v) is 7.16. The first-order valence-electron chi connectivity index (χ1n) is 6.44. The minimum atomic E-state index is -0.299. The molecule has 0 N–H and O–H groups in total. The van der Waals surface area contributed by atoms with E-state index in [0.717, 1.165) is 28.3 Å². The van der Waals surface area contributed by atoms with Gasteiger partial charge in [0.05, 0.1) is 25.9 Å². The van der Waals surface area contributed by atoms with Crippen LogP contribution in [0.1, 0.15) is 23.1 Å². The standard InChI is InChI=1S/C14H12BrClFN3S/c1-8(16)14-19-11-6-9(15)10(17)7-12(11)20(14)4-2-13-18-3-5-21-13/h3,5-8H,2,4H2,1H3. The van der Waals surface area contributed by atoms with E-state index >= 15 is 0 Å². The van der Waals surface area contributed by atoms with Gasteiger partial charge in [0.25, 0.3) is 0 Å². The van der Waals surface area contributed by atoms with Crippen molar-refractivity contribution in [3.8, 4) is 0 Å². The average Bonchev–Trinajstić information content (AvgIpc) is 3.05. The normalized spacial score (nSPS) is 13.0. The van der Waals surface area contributed by atoms with Gasteiger partial charge in [0.15, 0.2) is 0 Å². The van der Waals surface area contributed by atoms with Gasteiger partial charge < -0.3 is 4.57 Å². The average molecular weight is 389 g/mol. The molecule has 3 aromatic rings. The van der Waals surface area contributed by atoms with E-state index in [1.807, 2.05) is 16.9 Å². The summed E-state index contributed by atoms with van der Waals surface area (Å²) in [6, 6.07) is 3.18. The Morgan fingerprint density at radius 1 is 1.48 bits per heavy atom. The predicted octanol–water partition coefficient (Wildman–Crippen LogP) is 4.94. The zero-order valence-corrected chi connectivity index (χ0v) is 14.3. The molecule has 3 nitrogen and oxygen atoms in total. The van der Waals surface area contributed by atoms with Crippen LogP contribution >= 0.6 is 38.9 Å². The van der Waals surface area contributed by atoms with Crippen molar-refractivity contribution >= 4 is 49.9 Å². The molecule has 1 atom stereocenters. The highest BCUT2D eigenvalue weighted by Gasteiger charge is 2.17. The molecule has 0 saturated carbocycles. The van der Waals surface area contributed by atoms with Crippen LogP contribution in [0.5, 0.6) is 0 Å². The van der Waals surface area contributed by atoms with Crippen LogP contribution in [0, 0.1) is 5.82 Å². The van der Waals surface area contributed by atoms with Crippen molar-refractivity contribution in [1.29, 1.82) is 0 Å². The molecule has 0 saturated heterocycles. The number of aromatic nitrogens is 3. The number of rotatable bonds is 4. The highest BCUT2D eigenvalue weighted by atomic mass is 79.9. The van der Waals surface area contributed by atoms with Gasteiger partial charge in [0.1, 0.15) is 11.6 Å². The molecule has 1 unspecified atom stereocenters. The first-order chi connectivity index (χ1) is 10.1. The number of alkyl halides is 1. The first kappa shape index (κ1) is 14.9. The Balaban J connectivity index is 2.04. The molecule has 3 rings (SSSR count). The Bertz CT molecular complexity index is 770. The molecule has 0 aliphatic rings. The molecule has 0 bridgehead atoms. The molecule has 7 heteroatoms. The maximum atomic E-state index is 13.8. The zero-order valence-electron chi connectivity index (χ0n) is 11.2. The number of hydrogen-bond donors (Lipinski definition) is 0. The molecule has 2 heterocycles. The third-order valence-corrected chi connectivity index (χ3v) is 4.85. The lowest BCUT2D eigenvalue weighted by molar-refractivity contribution is 0.619. The Morgan fingerprint density at radius 2 is 2.29 bits per heavy atom. The smallest absolute Gasteiger partial charge is 0.139 e. The summed E-state index contributed by atoms with van der Waals surface area (Å²) in [4.78, 5) is 8.80. The van der Waals surface area contributed by atoms with Gasteiger partial charge >= 0.3 is 0 Å². The second-order valence-electron chi connectivity index (χ2n) is 4.67. The van der Waals surface area contributed by atoms with Crippen molar-refractivity contribution in [2.75, 3.05) is 0 Å². The lowest BCUT2D eigenvalue weighted by Gasteiger charge is -2.09. The summed E-state index contributed by atoms with van der Waals surface area (Å²) in [5.74, 6) is 0.451. The highest BCUT2D eigenvalue weighted by Crippen LogP contribution is 2.28. The minimum absolute atomic E-state index is 0.240. The van der Waals surface area contributed by atoms with E-state index in [4.69, 9.17) is 11.6 Å². The van der Waals surface area contributed by atoms with Crippen molar-refractivity contribution in [2.45, 2.75) is 25.3 Å². The van der Waals surface area contributed by atoms with Gasteiger partial charge in [-0.3, -0.25) is 0 Å². The molecule has 0 amide bonds. The van der Waals surface area contributed by atoms with E-state index < -0.39 is 0 Å². The fraction of sp³-hybridized carbons (Fsp3) is 0.286. The SMILES string of the molecule is CC(Cl)c1nc2cc(Br)c(F)cc2n1CCc1nccs1. The third kappa shape index (κ3) is 2.98. The monoisotopic (exact) mass is 387 g/mol. The van der Waals surface area contributed by atoms with Crippen LogP contribution in [0.4, 0.5) is 4.39 Å². The topological polar surface area (TPSA) is 30.7 Å². The Morgan fingerprint density at radius 3 is 2.95 bits per heavy atom. The summed E-state index contributed by atoms with van der Waals surface area (Å²) < 4.78 is 16.2. The van der Waals surface area contributed by atoms with Gasteiger partial charge in [-0.2, -0.15) is 0 Å². The maximum Gasteiger partial charge on any atom is 0.139 e. The van der Waals surface area contributed by atoms with E-state index in [0.29, 0.717) is 11.0 Å². The van der Waals surface area contributed by atoms with Crippen LogP contribution in [0.15, 0.2) is 28.2 Å². The van der Waals surface area contributed by atoms with Gasteiger partial charge in [0.2, 0.25) is 0 Å². The van der Waals surface area contributed by atoms with Crippen molar-refractivity contribution in [3.63, 3.8) is 0 Å². The minimum Gasteiger partial charge on any atom is -0.326 e. The predicted molar refractivity (Wildman–Crippen MR) is 87.5 cm³/mol. The number of nitrogens with zero attached hydrogens (tertiary/aromatic N) is 3. The molecule has 1 aromatic carbocycles. The molecule has 21 heavy (non-hydrogen) atoms. The van der Waals surface area contributed by atoms with Gasteiger partial charge in [-0.05, 0) is 28.9 Å². The lowest BCUT2D eigenvalue weighted by Crippen LogP contribution is -2.07. The summed E-state index contributed by atoms with van der Waals surface area (Å²) >= 11 is 11.0. The number of halogens is 3. The van der Waals surface area contributed by atoms with E-state index in [2.05, 4.69) is 25.9 Å². The fourth-order valence-corrected chi connectivity index (χ4v) is 3.37. The van der Waals surface area contributed by atoms with Crippen molar-refractivity contribution in [1.82, 2.24) is 14.5 Å². The van der Waals surface area contributed by atoms with Gasteiger partial charge in [-0.1, -0.05) is 0 Å². The van der Waals surface area contributed by atoms with E-state index in [-0.39, 0.29) is 11.2 Å². The molecule has 2 aromatic heterocycles. The van der Waals surface area contributed by atoms with Crippen molar-refractivity contribution in [2.24, 2.45) is 0 Å². The zero-order chi connectivity index (χ0) is 15.0. The molecule has 0 radical (unpaired) electrons. The van der Waals surface area contributed by atoms with E-state index in [1.165, 1.54) is 6.07 Å². The number of fused-ring (bicyclic) bond motifs is 1.